The largest absolute Gasteiger partial charge is 0.497 e. The number of allylic oxidation sites excluding steroid dienone is 2. The van der Waals surface area contributed by atoms with E-state index in [9.17, 15) is 4.79 Å². The number of ether oxygens (including phenoxy) is 3. The van der Waals surface area contributed by atoms with Crippen molar-refractivity contribution in [1.29, 1.82) is 0 Å². The van der Waals surface area contributed by atoms with Crippen molar-refractivity contribution >= 4 is 11.7 Å². The van der Waals surface area contributed by atoms with Crippen LogP contribution in [0.25, 0.3) is 0 Å². The number of fused-ring (bicyclic) bond motifs is 1. The predicted molar refractivity (Wildman–Crippen MR) is 92.4 cm³/mol. The van der Waals surface area contributed by atoms with Gasteiger partial charge in [0.2, 0.25) is 0 Å². The zero-order valence-corrected chi connectivity index (χ0v) is 14.1. The first-order chi connectivity index (χ1) is 11.8. The lowest BCUT2D eigenvalue weighted by atomic mass is 10.2. The number of carbonyl (C=O) groups is 1. The Balaban J connectivity index is 1.66. The molecule has 0 aliphatic carbocycles. The molecule has 130 valence electrons. The highest BCUT2D eigenvalue weighted by Gasteiger charge is 2.53. The second kappa shape index (κ2) is 8.20. The summed E-state index contributed by atoms with van der Waals surface area (Å²) in [6.07, 6.45) is 8.21. The third-order valence-electron chi connectivity index (χ3n) is 4.42. The maximum atomic E-state index is 12.4. The molecule has 0 N–H and O–H groups in total. The standard InChI is InChI=1S/C19H25NO4/c1-22-16-10-8-15(9-11-16)20-17-14-23-12-6-4-2-3-5-7-13-24-19(21)18(17)20/h2-3,8-11,17-18H,4-7,12-14H2,1H3/b3-2-/t17-,18-,20?/m0/s1. The molecule has 1 fully saturated rings. The summed E-state index contributed by atoms with van der Waals surface area (Å²) in [7, 11) is 1.64. The van der Waals surface area contributed by atoms with Gasteiger partial charge in [-0.3, -0.25) is 0 Å². The van der Waals surface area contributed by atoms with E-state index in [2.05, 4.69) is 17.1 Å². The van der Waals surface area contributed by atoms with Gasteiger partial charge < -0.3 is 19.1 Å². The molecule has 2 aliphatic rings. The van der Waals surface area contributed by atoms with Gasteiger partial charge in [-0.05, 0) is 49.9 Å². The van der Waals surface area contributed by atoms with Gasteiger partial charge in [0.25, 0.3) is 0 Å². The highest BCUT2D eigenvalue weighted by atomic mass is 16.5. The van der Waals surface area contributed by atoms with Crippen molar-refractivity contribution in [3.05, 3.63) is 36.4 Å². The number of hydrogen-bond donors (Lipinski definition) is 0. The Bertz CT molecular complexity index is 569. The van der Waals surface area contributed by atoms with E-state index in [1.54, 1.807) is 7.11 Å². The highest BCUT2D eigenvalue weighted by molar-refractivity contribution is 5.88. The van der Waals surface area contributed by atoms with E-state index in [4.69, 9.17) is 14.2 Å². The topological polar surface area (TPSA) is 47.8 Å². The van der Waals surface area contributed by atoms with Gasteiger partial charge in [0, 0.05) is 12.3 Å². The van der Waals surface area contributed by atoms with Crippen molar-refractivity contribution < 1.29 is 19.0 Å². The second-order valence-corrected chi connectivity index (χ2v) is 6.12. The van der Waals surface area contributed by atoms with Crippen LogP contribution in [-0.4, -0.2) is 45.0 Å². The minimum absolute atomic E-state index is 0.0596. The van der Waals surface area contributed by atoms with Gasteiger partial charge in [0.15, 0.2) is 6.04 Å². The predicted octanol–water partition coefficient (Wildman–Crippen LogP) is 2.94. The molecule has 2 aliphatic heterocycles. The zero-order chi connectivity index (χ0) is 16.8. The van der Waals surface area contributed by atoms with Crippen molar-refractivity contribution in [2.75, 3.05) is 31.8 Å². The van der Waals surface area contributed by atoms with Gasteiger partial charge in [0.1, 0.15) is 5.75 Å². The monoisotopic (exact) mass is 331 g/mol. The molecule has 0 bridgehead atoms. The van der Waals surface area contributed by atoms with Gasteiger partial charge in [0.05, 0.1) is 26.4 Å². The average molecular weight is 331 g/mol. The molecule has 2 heterocycles. The number of methoxy groups -OCH3 is 1. The van der Waals surface area contributed by atoms with E-state index in [0.29, 0.717) is 13.2 Å². The van der Waals surface area contributed by atoms with E-state index in [0.717, 1.165) is 43.7 Å². The van der Waals surface area contributed by atoms with Crippen LogP contribution in [0.5, 0.6) is 5.75 Å². The van der Waals surface area contributed by atoms with Crippen LogP contribution in [-0.2, 0) is 14.3 Å². The van der Waals surface area contributed by atoms with Crippen LogP contribution in [0.4, 0.5) is 5.69 Å². The van der Waals surface area contributed by atoms with Crippen molar-refractivity contribution in [2.45, 2.75) is 37.8 Å². The van der Waals surface area contributed by atoms with Gasteiger partial charge in [-0.2, -0.15) is 0 Å². The summed E-state index contributed by atoms with van der Waals surface area (Å²) < 4.78 is 16.4. The fraction of sp³-hybridized carbons (Fsp3) is 0.526. The van der Waals surface area contributed by atoms with Crippen molar-refractivity contribution in [2.24, 2.45) is 0 Å². The molecule has 3 rings (SSSR count). The highest BCUT2D eigenvalue weighted by Crippen LogP contribution is 2.37. The lowest BCUT2D eigenvalue weighted by molar-refractivity contribution is -0.143. The smallest absolute Gasteiger partial charge is 0.331 e. The van der Waals surface area contributed by atoms with Crippen LogP contribution in [0, 0.1) is 0 Å². The number of rotatable bonds is 2. The van der Waals surface area contributed by atoms with E-state index in [1.165, 1.54) is 0 Å². The number of anilines is 1. The van der Waals surface area contributed by atoms with E-state index in [1.807, 2.05) is 24.3 Å². The lowest BCUT2D eigenvalue weighted by Gasteiger charge is -2.08. The third-order valence-corrected chi connectivity index (χ3v) is 4.42. The molecule has 0 saturated carbocycles. The van der Waals surface area contributed by atoms with Crippen LogP contribution >= 0.6 is 0 Å². The first kappa shape index (κ1) is 16.8. The first-order valence-electron chi connectivity index (χ1n) is 8.63. The Labute approximate surface area is 143 Å². The fourth-order valence-corrected chi connectivity index (χ4v) is 3.03. The minimum Gasteiger partial charge on any atom is -0.497 e. The Morgan fingerprint density at radius 1 is 1.08 bits per heavy atom. The summed E-state index contributed by atoms with van der Waals surface area (Å²) in [5, 5.41) is 0. The third kappa shape index (κ3) is 4.09. The molecule has 1 saturated heterocycles. The van der Waals surface area contributed by atoms with Crippen molar-refractivity contribution in [3.63, 3.8) is 0 Å². The first-order valence-corrected chi connectivity index (χ1v) is 8.63. The van der Waals surface area contributed by atoms with Crippen molar-refractivity contribution in [1.82, 2.24) is 0 Å². The molecule has 5 heteroatoms. The Kier molecular flexibility index (Phi) is 5.75. The van der Waals surface area contributed by atoms with Crippen LogP contribution in [0.15, 0.2) is 36.4 Å². The summed E-state index contributed by atoms with van der Waals surface area (Å²) in [6.45, 7) is 1.75. The van der Waals surface area contributed by atoms with E-state index in [-0.39, 0.29) is 18.1 Å². The maximum Gasteiger partial charge on any atom is 0.331 e. The number of carbonyl (C=O) groups excluding carboxylic acids is 1. The van der Waals surface area contributed by atoms with Crippen LogP contribution in [0.1, 0.15) is 25.7 Å². The number of benzene rings is 1. The minimum atomic E-state index is -0.239. The normalized spacial score (nSPS) is 26.7. The van der Waals surface area contributed by atoms with Crippen LogP contribution in [0.3, 0.4) is 0 Å². The number of cyclic esters (lactones) is 1. The summed E-state index contributed by atoms with van der Waals surface area (Å²) >= 11 is 0. The number of esters is 1. The second-order valence-electron chi connectivity index (χ2n) is 6.12. The average Bonchev–Trinajstić information content (AvgIpc) is 3.33. The van der Waals surface area contributed by atoms with Gasteiger partial charge >= 0.3 is 5.97 Å². The molecular formula is C19H25NO4. The molecule has 1 aromatic carbocycles. The molecular weight excluding hydrogens is 306 g/mol. The fourth-order valence-electron chi connectivity index (χ4n) is 3.03. The SMILES string of the molecule is COc1ccc(N2[C@@H]3C(=O)OCCC/C=C\CCCOC[C@@H]32)cc1. The Morgan fingerprint density at radius 2 is 1.79 bits per heavy atom. The van der Waals surface area contributed by atoms with Crippen molar-refractivity contribution in [3.8, 4) is 5.75 Å². The van der Waals surface area contributed by atoms with E-state index < -0.39 is 0 Å². The maximum absolute atomic E-state index is 12.4. The quantitative estimate of drug-likeness (QED) is 0.474. The Hall–Kier alpha value is -2.01. The molecule has 24 heavy (non-hydrogen) atoms. The molecule has 0 amide bonds. The molecule has 0 spiro atoms. The van der Waals surface area contributed by atoms with E-state index >= 15 is 0 Å². The van der Waals surface area contributed by atoms with Gasteiger partial charge in [-0.25, -0.2) is 4.79 Å². The van der Waals surface area contributed by atoms with Crippen LogP contribution in [0.2, 0.25) is 0 Å². The van der Waals surface area contributed by atoms with Gasteiger partial charge in [-0.15, -0.1) is 0 Å². The lowest BCUT2D eigenvalue weighted by Crippen LogP contribution is -2.18. The number of nitrogens with zero attached hydrogens (tertiary/aromatic N) is 1. The molecule has 5 nitrogen and oxygen atoms in total. The summed E-state index contributed by atoms with van der Waals surface area (Å²) in [6, 6.07) is 7.57. The molecule has 0 radical (unpaired) electrons. The number of hydrogen-bond acceptors (Lipinski definition) is 5. The molecule has 0 unspecified atom stereocenters. The van der Waals surface area contributed by atoms with Crippen LogP contribution < -0.4 is 9.64 Å². The van der Waals surface area contributed by atoms with Gasteiger partial charge in [-0.1, -0.05) is 12.2 Å². The summed E-state index contributed by atoms with van der Waals surface area (Å²) in [5.74, 6) is 0.652. The Morgan fingerprint density at radius 3 is 2.50 bits per heavy atom. The summed E-state index contributed by atoms with van der Waals surface area (Å²) in [5.41, 5.74) is 0.998. The summed E-state index contributed by atoms with van der Waals surface area (Å²) in [4.78, 5) is 14.4. The molecule has 1 aromatic rings. The zero-order valence-electron chi connectivity index (χ0n) is 14.1. The molecule has 0 aromatic heterocycles. The molecule has 2 atom stereocenters.